The molecule has 0 spiro atoms. The van der Waals surface area contributed by atoms with E-state index >= 15 is 0 Å². The molecule has 0 fully saturated rings. The number of phenols is 2. The first-order valence-corrected chi connectivity index (χ1v) is 9.29. The zero-order valence-corrected chi connectivity index (χ0v) is 15.9. The number of phenolic OH excluding ortho intramolecular Hbond substituents is 2. The highest BCUT2D eigenvalue weighted by Gasteiger charge is 2.21. The molecule has 1 heterocycles. The number of carbonyl (C=O) groups excluding carboxylic acids is 1. The predicted octanol–water partition coefficient (Wildman–Crippen LogP) is 3.36. The molecule has 1 unspecified atom stereocenters. The maximum atomic E-state index is 11.4. The summed E-state index contributed by atoms with van der Waals surface area (Å²) in [4.78, 5) is 11.4. The third-order valence-corrected chi connectivity index (χ3v) is 4.63. The van der Waals surface area contributed by atoms with Crippen LogP contribution >= 0.6 is 0 Å². The van der Waals surface area contributed by atoms with Crippen LogP contribution in [0.15, 0.2) is 46.6 Å². The van der Waals surface area contributed by atoms with Gasteiger partial charge in [-0.05, 0) is 36.2 Å². The average molecular weight is 380 g/mol. The maximum Gasteiger partial charge on any atom is 0.240 e. The SMILES string of the molecule is CCCc1c(O)ccc(/C=N/Nc2ccc(C3=NNC(=O)CC3C)cc2)c1O. The van der Waals surface area contributed by atoms with E-state index in [0.29, 0.717) is 24.0 Å². The molecule has 2 aromatic carbocycles. The third kappa shape index (κ3) is 4.31. The van der Waals surface area contributed by atoms with E-state index in [9.17, 15) is 15.0 Å². The minimum Gasteiger partial charge on any atom is -0.508 e. The number of hydrogen-bond acceptors (Lipinski definition) is 6. The van der Waals surface area contributed by atoms with Crippen molar-refractivity contribution in [3.63, 3.8) is 0 Å². The minimum atomic E-state index is -0.0662. The Bertz CT molecular complexity index is 920. The summed E-state index contributed by atoms with van der Waals surface area (Å²) in [6, 6.07) is 10.8. The monoisotopic (exact) mass is 380 g/mol. The van der Waals surface area contributed by atoms with Gasteiger partial charge in [-0.25, -0.2) is 5.43 Å². The van der Waals surface area contributed by atoms with Crippen LogP contribution in [0, 0.1) is 5.92 Å². The molecule has 0 radical (unpaired) electrons. The first-order chi connectivity index (χ1) is 13.5. The number of amides is 1. The Labute approximate surface area is 163 Å². The summed E-state index contributed by atoms with van der Waals surface area (Å²) in [5.74, 6) is 0.147. The quantitative estimate of drug-likeness (QED) is 0.455. The molecular formula is C21H24N4O3. The Morgan fingerprint density at radius 3 is 2.68 bits per heavy atom. The molecule has 1 aliphatic heterocycles. The highest BCUT2D eigenvalue weighted by Crippen LogP contribution is 2.30. The van der Waals surface area contributed by atoms with Crippen molar-refractivity contribution in [2.24, 2.45) is 16.1 Å². The van der Waals surface area contributed by atoms with Crippen molar-refractivity contribution < 1.29 is 15.0 Å². The first-order valence-electron chi connectivity index (χ1n) is 9.29. The van der Waals surface area contributed by atoms with Crippen LogP contribution in [0.25, 0.3) is 0 Å². The molecule has 4 N–H and O–H groups in total. The second-order valence-electron chi connectivity index (χ2n) is 6.84. The summed E-state index contributed by atoms with van der Waals surface area (Å²) >= 11 is 0. The lowest BCUT2D eigenvalue weighted by atomic mass is 9.94. The van der Waals surface area contributed by atoms with Crippen molar-refractivity contribution in [1.29, 1.82) is 0 Å². The van der Waals surface area contributed by atoms with Gasteiger partial charge in [-0.3, -0.25) is 10.2 Å². The number of carbonyl (C=O) groups is 1. The zero-order chi connectivity index (χ0) is 20.1. The van der Waals surface area contributed by atoms with Gasteiger partial charge in [-0.2, -0.15) is 10.2 Å². The van der Waals surface area contributed by atoms with Crippen LogP contribution in [0.5, 0.6) is 11.5 Å². The van der Waals surface area contributed by atoms with Crippen LogP contribution in [0.3, 0.4) is 0 Å². The fourth-order valence-corrected chi connectivity index (χ4v) is 3.14. The van der Waals surface area contributed by atoms with Crippen LogP contribution in [0.1, 0.15) is 43.4 Å². The van der Waals surface area contributed by atoms with Crippen LogP contribution in [0.2, 0.25) is 0 Å². The van der Waals surface area contributed by atoms with Crippen molar-refractivity contribution in [3.8, 4) is 11.5 Å². The largest absolute Gasteiger partial charge is 0.508 e. The fraction of sp³-hybridized carbons (Fsp3) is 0.286. The van der Waals surface area contributed by atoms with Crippen LogP contribution in [-0.4, -0.2) is 28.0 Å². The molecule has 7 heteroatoms. The van der Waals surface area contributed by atoms with Crippen LogP contribution in [0.4, 0.5) is 5.69 Å². The van der Waals surface area contributed by atoms with E-state index in [1.807, 2.05) is 38.1 Å². The van der Waals surface area contributed by atoms with E-state index in [4.69, 9.17) is 0 Å². The number of nitrogens with zero attached hydrogens (tertiary/aromatic N) is 2. The Kier molecular flexibility index (Phi) is 5.93. The summed E-state index contributed by atoms with van der Waals surface area (Å²) in [6.07, 6.45) is 3.36. The number of rotatable bonds is 6. The summed E-state index contributed by atoms with van der Waals surface area (Å²) in [5.41, 5.74) is 9.09. The molecule has 146 valence electrons. The molecule has 28 heavy (non-hydrogen) atoms. The van der Waals surface area contributed by atoms with Gasteiger partial charge < -0.3 is 10.2 Å². The van der Waals surface area contributed by atoms with E-state index in [-0.39, 0.29) is 23.3 Å². The molecule has 7 nitrogen and oxygen atoms in total. The second kappa shape index (κ2) is 8.56. The van der Waals surface area contributed by atoms with E-state index in [1.54, 1.807) is 12.1 Å². The molecule has 1 amide bonds. The van der Waals surface area contributed by atoms with Gasteiger partial charge in [-0.1, -0.05) is 32.4 Å². The Morgan fingerprint density at radius 1 is 1.25 bits per heavy atom. The van der Waals surface area contributed by atoms with Gasteiger partial charge in [-0.15, -0.1) is 0 Å². The molecule has 1 aliphatic rings. The molecule has 0 bridgehead atoms. The van der Waals surface area contributed by atoms with Gasteiger partial charge >= 0.3 is 0 Å². The van der Waals surface area contributed by atoms with Gasteiger partial charge in [0.2, 0.25) is 5.91 Å². The Morgan fingerprint density at radius 2 is 2.00 bits per heavy atom. The summed E-state index contributed by atoms with van der Waals surface area (Å²) in [5, 5.41) is 28.5. The van der Waals surface area contributed by atoms with Crippen molar-refractivity contribution in [1.82, 2.24) is 5.43 Å². The van der Waals surface area contributed by atoms with Crippen LogP contribution in [-0.2, 0) is 11.2 Å². The molecule has 0 saturated carbocycles. The molecule has 0 saturated heterocycles. The number of anilines is 1. The summed E-state index contributed by atoms with van der Waals surface area (Å²) in [7, 11) is 0. The van der Waals surface area contributed by atoms with E-state index < -0.39 is 0 Å². The number of hydrazone groups is 2. The lowest BCUT2D eigenvalue weighted by Gasteiger charge is -2.19. The molecule has 0 aliphatic carbocycles. The molecule has 0 aromatic heterocycles. The minimum absolute atomic E-state index is 0.0501. The first kappa shape index (κ1) is 19.4. The lowest BCUT2D eigenvalue weighted by molar-refractivity contribution is -0.121. The van der Waals surface area contributed by atoms with E-state index in [1.165, 1.54) is 6.21 Å². The van der Waals surface area contributed by atoms with Gasteiger partial charge in [0.1, 0.15) is 11.5 Å². The third-order valence-electron chi connectivity index (χ3n) is 4.63. The highest BCUT2D eigenvalue weighted by molar-refractivity contribution is 6.05. The predicted molar refractivity (Wildman–Crippen MR) is 110 cm³/mol. The summed E-state index contributed by atoms with van der Waals surface area (Å²) in [6.45, 7) is 3.96. The van der Waals surface area contributed by atoms with Crippen LogP contribution < -0.4 is 10.9 Å². The topological polar surface area (TPSA) is 106 Å². The molecule has 3 rings (SSSR count). The van der Waals surface area contributed by atoms with Crippen molar-refractivity contribution >= 4 is 23.5 Å². The Balaban J connectivity index is 1.69. The standard InChI is InChI=1S/C21H24N4O3/c1-3-4-17-18(26)10-7-15(21(17)28)12-22-23-16-8-5-14(6-9-16)20-13(2)11-19(27)24-25-20/h5-10,12-13,23,26,28H,3-4,11H2,1-2H3,(H,24,27)/b22-12+. The summed E-state index contributed by atoms with van der Waals surface area (Å²) < 4.78 is 0. The van der Waals surface area contributed by atoms with Gasteiger partial charge in [0, 0.05) is 23.5 Å². The fourth-order valence-electron chi connectivity index (χ4n) is 3.14. The van der Waals surface area contributed by atoms with Gasteiger partial charge in [0.05, 0.1) is 17.6 Å². The normalized spacial score (nSPS) is 16.7. The van der Waals surface area contributed by atoms with Crippen molar-refractivity contribution in [3.05, 3.63) is 53.1 Å². The number of benzene rings is 2. The average Bonchev–Trinajstić information content (AvgIpc) is 2.68. The van der Waals surface area contributed by atoms with E-state index in [2.05, 4.69) is 21.1 Å². The van der Waals surface area contributed by atoms with Crippen molar-refractivity contribution in [2.45, 2.75) is 33.1 Å². The zero-order valence-electron chi connectivity index (χ0n) is 15.9. The maximum absolute atomic E-state index is 11.4. The molecular weight excluding hydrogens is 356 g/mol. The second-order valence-corrected chi connectivity index (χ2v) is 6.84. The van der Waals surface area contributed by atoms with Crippen molar-refractivity contribution in [2.75, 3.05) is 5.43 Å². The Hall–Kier alpha value is -3.35. The highest BCUT2D eigenvalue weighted by atomic mass is 16.3. The number of aromatic hydroxyl groups is 2. The lowest BCUT2D eigenvalue weighted by Crippen LogP contribution is -2.31. The number of hydrogen-bond donors (Lipinski definition) is 4. The smallest absolute Gasteiger partial charge is 0.240 e. The molecule has 1 atom stereocenters. The van der Waals surface area contributed by atoms with Gasteiger partial charge in [0.25, 0.3) is 0 Å². The number of nitrogens with one attached hydrogen (secondary N) is 2. The van der Waals surface area contributed by atoms with Gasteiger partial charge in [0.15, 0.2) is 0 Å². The van der Waals surface area contributed by atoms with E-state index in [0.717, 1.165) is 23.4 Å². The molecule has 2 aromatic rings.